The van der Waals surface area contributed by atoms with Gasteiger partial charge in [0.05, 0.1) is 5.75 Å². The molecule has 0 saturated heterocycles. The molecule has 0 atom stereocenters. The highest BCUT2D eigenvalue weighted by molar-refractivity contribution is 8.00. The summed E-state index contributed by atoms with van der Waals surface area (Å²) in [6.07, 6.45) is 0.870. The van der Waals surface area contributed by atoms with E-state index >= 15 is 0 Å². The molecule has 0 radical (unpaired) electrons. The van der Waals surface area contributed by atoms with Crippen LogP contribution in [0.3, 0.4) is 0 Å². The maximum atomic E-state index is 11.5. The number of benzene rings is 1. The van der Waals surface area contributed by atoms with Gasteiger partial charge in [0.15, 0.2) is 0 Å². The van der Waals surface area contributed by atoms with Gasteiger partial charge < -0.3 is 10.1 Å². The molecule has 1 rings (SSSR count). The van der Waals surface area contributed by atoms with Crippen molar-refractivity contribution < 1.29 is 9.53 Å². The first-order valence-electron chi connectivity index (χ1n) is 6.26. The molecular formula is C14H21NO2S. The van der Waals surface area contributed by atoms with Gasteiger partial charge in [-0.25, -0.2) is 0 Å². The molecule has 0 spiro atoms. The number of aryl methyl sites for hydroxylation is 1. The zero-order valence-corrected chi connectivity index (χ0v) is 11.9. The van der Waals surface area contributed by atoms with Gasteiger partial charge in [-0.15, -0.1) is 11.8 Å². The molecule has 3 nitrogen and oxygen atoms in total. The Balaban J connectivity index is 2.11. The summed E-state index contributed by atoms with van der Waals surface area (Å²) in [4.78, 5) is 12.7. The number of ether oxygens (including phenoxy) is 1. The third kappa shape index (κ3) is 6.67. The number of thioether (sulfide) groups is 1. The molecule has 1 aromatic carbocycles. The van der Waals surface area contributed by atoms with Crippen molar-refractivity contribution in [3.05, 3.63) is 29.8 Å². The number of amides is 1. The van der Waals surface area contributed by atoms with E-state index in [9.17, 15) is 4.79 Å². The van der Waals surface area contributed by atoms with Crippen molar-refractivity contribution in [2.24, 2.45) is 0 Å². The van der Waals surface area contributed by atoms with E-state index in [-0.39, 0.29) is 5.91 Å². The van der Waals surface area contributed by atoms with E-state index in [0.29, 0.717) is 18.9 Å². The van der Waals surface area contributed by atoms with Crippen LogP contribution in [0.2, 0.25) is 0 Å². The molecule has 1 N–H and O–H groups in total. The molecule has 0 aliphatic carbocycles. The van der Waals surface area contributed by atoms with Gasteiger partial charge in [0.25, 0.3) is 0 Å². The fraction of sp³-hybridized carbons (Fsp3) is 0.500. The van der Waals surface area contributed by atoms with Gasteiger partial charge in [0, 0.05) is 24.7 Å². The number of hydrogen-bond donors (Lipinski definition) is 1. The lowest BCUT2D eigenvalue weighted by atomic mass is 10.2. The van der Waals surface area contributed by atoms with Gasteiger partial charge in [-0.3, -0.25) is 4.79 Å². The standard InChI is InChI=1S/C14H21NO2S/c1-3-17-10-4-9-15-14(16)11-18-13-7-5-12(2)6-8-13/h5-8H,3-4,9-11H2,1-2H3,(H,15,16). The Labute approximate surface area is 113 Å². The van der Waals surface area contributed by atoms with Gasteiger partial charge in [-0.05, 0) is 32.4 Å². The minimum absolute atomic E-state index is 0.0806. The molecule has 0 saturated carbocycles. The molecule has 0 aliphatic rings. The van der Waals surface area contributed by atoms with Crippen LogP contribution in [0.1, 0.15) is 18.9 Å². The first-order valence-corrected chi connectivity index (χ1v) is 7.25. The molecule has 0 aromatic heterocycles. The van der Waals surface area contributed by atoms with E-state index in [1.807, 2.05) is 19.1 Å². The van der Waals surface area contributed by atoms with Crippen molar-refractivity contribution in [3.63, 3.8) is 0 Å². The number of hydrogen-bond acceptors (Lipinski definition) is 3. The van der Waals surface area contributed by atoms with E-state index < -0.39 is 0 Å². The van der Waals surface area contributed by atoms with Crippen LogP contribution in [-0.4, -0.2) is 31.4 Å². The summed E-state index contributed by atoms with van der Waals surface area (Å²) in [7, 11) is 0. The first kappa shape index (κ1) is 15.1. The second-order valence-electron chi connectivity index (χ2n) is 4.00. The van der Waals surface area contributed by atoms with Gasteiger partial charge in [0.1, 0.15) is 0 Å². The largest absolute Gasteiger partial charge is 0.382 e. The Morgan fingerprint density at radius 1 is 1.33 bits per heavy atom. The van der Waals surface area contributed by atoms with Crippen LogP contribution in [0.15, 0.2) is 29.2 Å². The predicted octanol–water partition coefficient (Wildman–Crippen LogP) is 2.63. The lowest BCUT2D eigenvalue weighted by Gasteiger charge is -2.05. The molecule has 0 heterocycles. The molecule has 0 unspecified atom stereocenters. The molecule has 0 fully saturated rings. The zero-order chi connectivity index (χ0) is 13.2. The van der Waals surface area contributed by atoms with Crippen LogP contribution >= 0.6 is 11.8 Å². The van der Waals surface area contributed by atoms with Crippen LogP contribution in [0, 0.1) is 6.92 Å². The lowest BCUT2D eigenvalue weighted by Crippen LogP contribution is -2.26. The van der Waals surface area contributed by atoms with Gasteiger partial charge in [0.2, 0.25) is 5.91 Å². The van der Waals surface area contributed by atoms with Crippen molar-refractivity contribution in [3.8, 4) is 0 Å². The van der Waals surface area contributed by atoms with E-state index in [1.54, 1.807) is 11.8 Å². The third-order valence-corrected chi connectivity index (χ3v) is 3.39. The summed E-state index contributed by atoms with van der Waals surface area (Å²) in [5.41, 5.74) is 1.24. The van der Waals surface area contributed by atoms with Gasteiger partial charge >= 0.3 is 0 Å². The topological polar surface area (TPSA) is 38.3 Å². The highest BCUT2D eigenvalue weighted by Gasteiger charge is 2.01. The molecule has 1 aromatic rings. The summed E-state index contributed by atoms with van der Waals surface area (Å²) in [5, 5.41) is 2.88. The molecule has 100 valence electrons. The molecule has 1 amide bonds. The van der Waals surface area contributed by atoms with Crippen LogP contribution in [-0.2, 0) is 9.53 Å². The second kappa shape index (κ2) is 9.00. The monoisotopic (exact) mass is 267 g/mol. The minimum atomic E-state index is 0.0806. The van der Waals surface area contributed by atoms with Crippen LogP contribution < -0.4 is 5.32 Å². The summed E-state index contributed by atoms with van der Waals surface area (Å²) >= 11 is 1.56. The lowest BCUT2D eigenvalue weighted by molar-refractivity contribution is -0.118. The average molecular weight is 267 g/mol. The van der Waals surface area contributed by atoms with Crippen LogP contribution in [0.5, 0.6) is 0 Å². The Bertz CT molecular complexity index is 351. The zero-order valence-electron chi connectivity index (χ0n) is 11.1. The Kier molecular flexibility index (Phi) is 7.53. The summed E-state index contributed by atoms with van der Waals surface area (Å²) in [6, 6.07) is 8.20. The average Bonchev–Trinajstić information content (AvgIpc) is 2.38. The predicted molar refractivity (Wildman–Crippen MR) is 76.0 cm³/mol. The van der Waals surface area contributed by atoms with Gasteiger partial charge in [-0.1, -0.05) is 17.7 Å². The Morgan fingerprint density at radius 3 is 2.72 bits per heavy atom. The maximum absolute atomic E-state index is 11.5. The molecule has 0 bridgehead atoms. The fourth-order valence-corrected chi connectivity index (χ4v) is 2.11. The summed E-state index contributed by atoms with van der Waals surface area (Å²) in [6.45, 7) is 6.16. The van der Waals surface area contributed by atoms with Crippen molar-refractivity contribution in [1.82, 2.24) is 5.32 Å². The SMILES string of the molecule is CCOCCCNC(=O)CSc1ccc(C)cc1. The highest BCUT2D eigenvalue weighted by Crippen LogP contribution is 2.17. The maximum Gasteiger partial charge on any atom is 0.230 e. The molecule has 0 aliphatic heterocycles. The van der Waals surface area contributed by atoms with Crippen molar-refractivity contribution in [2.75, 3.05) is 25.5 Å². The molecular weight excluding hydrogens is 246 g/mol. The van der Waals surface area contributed by atoms with E-state index in [0.717, 1.165) is 17.9 Å². The number of rotatable bonds is 8. The van der Waals surface area contributed by atoms with E-state index in [4.69, 9.17) is 4.74 Å². The Morgan fingerprint density at radius 2 is 2.06 bits per heavy atom. The van der Waals surface area contributed by atoms with E-state index in [1.165, 1.54) is 5.56 Å². The normalized spacial score (nSPS) is 10.3. The minimum Gasteiger partial charge on any atom is -0.382 e. The number of carbonyl (C=O) groups is 1. The third-order valence-electron chi connectivity index (χ3n) is 2.38. The molecule has 4 heteroatoms. The van der Waals surface area contributed by atoms with Crippen molar-refractivity contribution in [2.45, 2.75) is 25.2 Å². The number of carbonyl (C=O) groups excluding carboxylic acids is 1. The van der Waals surface area contributed by atoms with Crippen LogP contribution in [0.25, 0.3) is 0 Å². The van der Waals surface area contributed by atoms with Gasteiger partial charge in [-0.2, -0.15) is 0 Å². The van der Waals surface area contributed by atoms with Crippen molar-refractivity contribution in [1.29, 1.82) is 0 Å². The number of nitrogens with one attached hydrogen (secondary N) is 1. The Hall–Kier alpha value is -1.00. The van der Waals surface area contributed by atoms with Crippen molar-refractivity contribution >= 4 is 17.7 Å². The highest BCUT2D eigenvalue weighted by atomic mass is 32.2. The smallest absolute Gasteiger partial charge is 0.230 e. The van der Waals surface area contributed by atoms with Crippen LogP contribution in [0.4, 0.5) is 0 Å². The second-order valence-corrected chi connectivity index (χ2v) is 5.05. The molecule has 18 heavy (non-hydrogen) atoms. The fourth-order valence-electron chi connectivity index (χ4n) is 1.38. The van der Waals surface area contributed by atoms with E-state index in [2.05, 4.69) is 24.4 Å². The quantitative estimate of drug-likeness (QED) is 0.581. The summed E-state index contributed by atoms with van der Waals surface area (Å²) < 4.78 is 5.20. The summed E-state index contributed by atoms with van der Waals surface area (Å²) in [5.74, 6) is 0.551. The first-order chi connectivity index (χ1) is 8.72.